The molecule has 112 valence electrons. The van der Waals surface area contributed by atoms with Gasteiger partial charge in [0.25, 0.3) is 0 Å². The van der Waals surface area contributed by atoms with Gasteiger partial charge in [0.1, 0.15) is 10.8 Å². The Hall–Kier alpha value is -2.54. The van der Waals surface area contributed by atoms with Crippen LogP contribution in [-0.4, -0.2) is 21.1 Å². The van der Waals surface area contributed by atoms with Crippen molar-refractivity contribution in [1.82, 2.24) is 15.2 Å². The van der Waals surface area contributed by atoms with E-state index < -0.39 is 0 Å². The summed E-state index contributed by atoms with van der Waals surface area (Å²) in [5.74, 6) is 0.974. The molecule has 0 unspecified atom stereocenters. The molecule has 3 rings (SSSR count). The van der Waals surface area contributed by atoms with Gasteiger partial charge in [0.2, 0.25) is 16.9 Å². The third kappa shape index (κ3) is 3.20. The summed E-state index contributed by atoms with van der Waals surface area (Å²) >= 11 is 1.33. The molecule has 7 heteroatoms. The standard InChI is InChI=1S/C15H14N4O2S/c1-9-12(8-13(20)17-15-19-18-10(2)22-15)16-14(21-9)11-6-4-3-5-7-11/h3-7H,8H2,1-2H3,(H,17,19,20). The number of rotatable bonds is 4. The zero-order valence-electron chi connectivity index (χ0n) is 12.2. The molecule has 6 nitrogen and oxygen atoms in total. The van der Waals surface area contributed by atoms with Crippen molar-refractivity contribution in [3.8, 4) is 11.5 Å². The molecule has 0 aliphatic carbocycles. The zero-order chi connectivity index (χ0) is 15.5. The molecule has 2 aromatic heterocycles. The summed E-state index contributed by atoms with van der Waals surface area (Å²) in [4.78, 5) is 16.4. The van der Waals surface area contributed by atoms with E-state index in [1.165, 1.54) is 11.3 Å². The van der Waals surface area contributed by atoms with Crippen LogP contribution in [0.2, 0.25) is 0 Å². The molecule has 0 aliphatic rings. The summed E-state index contributed by atoms with van der Waals surface area (Å²) in [6.45, 7) is 3.64. The molecular formula is C15H14N4O2S. The number of carbonyl (C=O) groups is 1. The van der Waals surface area contributed by atoms with Crippen LogP contribution in [0.1, 0.15) is 16.5 Å². The first kappa shape index (κ1) is 14.4. The van der Waals surface area contributed by atoms with Crippen molar-refractivity contribution in [2.75, 3.05) is 5.32 Å². The van der Waals surface area contributed by atoms with Gasteiger partial charge < -0.3 is 9.73 Å². The Morgan fingerprint density at radius 1 is 1.23 bits per heavy atom. The van der Waals surface area contributed by atoms with E-state index in [9.17, 15) is 4.79 Å². The van der Waals surface area contributed by atoms with E-state index in [1.807, 2.05) is 37.3 Å². The van der Waals surface area contributed by atoms with Gasteiger partial charge >= 0.3 is 0 Å². The summed E-state index contributed by atoms with van der Waals surface area (Å²) in [5.41, 5.74) is 1.51. The number of aryl methyl sites for hydroxylation is 2. The molecule has 0 saturated carbocycles. The lowest BCUT2D eigenvalue weighted by Gasteiger charge is -1.98. The van der Waals surface area contributed by atoms with Crippen molar-refractivity contribution < 1.29 is 9.21 Å². The van der Waals surface area contributed by atoms with Crippen LogP contribution in [0.5, 0.6) is 0 Å². The molecular weight excluding hydrogens is 300 g/mol. The Bertz CT molecular complexity index is 795. The van der Waals surface area contributed by atoms with E-state index in [1.54, 1.807) is 6.92 Å². The van der Waals surface area contributed by atoms with E-state index in [2.05, 4.69) is 20.5 Å². The van der Waals surface area contributed by atoms with Gasteiger partial charge in [-0.2, -0.15) is 0 Å². The van der Waals surface area contributed by atoms with Crippen molar-refractivity contribution in [3.05, 3.63) is 46.8 Å². The minimum Gasteiger partial charge on any atom is -0.441 e. The molecule has 0 fully saturated rings. The van der Waals surface area contributed by atoms with Crippen molar-refractivity contribution in [1.29, 1.82) is 0 Å². The van der Waals surface area contributed by atoms with Crippen LogP contribution < -0.4 is 5.32 Å². The normalized spacial score (nSPS) is 10.6. The van der Waals surface area contributed by atoms with Crippen LogP contribution in [0.15, 0.2) is 34.7 Å². The predicted molar refractivity (Wildman–Crippen MR) is 83.7 cm³/mol. The quantitative estimate of drug-likeness (QED) is 0.800. The number of benzene rings is 1. The molecule has 0 radical (unpaired) electrons. The molecule has 0 spiro atoms. The molecule has 2 heterocycles. The highest BCUT2D eigenvalue weighted by Crippen LogP contribution is 2.22. The first-order chi connectivity index (χ1) is 10.6. The zero-order valence-corrected chi connectivity index (χ0v) is 13.0. The number of carbonyl (C=O) groups excluding carboxylic acids is 1. The van der Waals surface area contributed by atoms with Crippen molar-refractivity contribution in [2.24, 2.45) is 0 Å². The second kappa shape index (κ2) is 6.07. The highest BCUT2D eigenvalue weighted by molar-refractivity contribution is 7.15. The van der Waals surface area contributed by atoms with Crippen LogP contribution in [0.3, 0.4) is 0 Å². The first-order valence-electron chi connectivity index (χ1n) is 6.73. The van der Waals surface area contributed by atoms with Crippen LogP contribution in [0.4, 0.5) is 5.13 Å². The Morgan fingerprint density at radius 3 is 2.68 bits per heavy atom. The lowest BCUT2D eigenvalue weighted by molar-refractivity contribution is -0.115. The molecule has 0 aliphatic heterocycles. The van der Waals surface area contributed by atoms with Gasteiger partial charge in [0.15, 0.2) is 0 Å². The number of nitrogens with one attached hydrogen (secondary N) is 1. The Balaban J connectivity index is 1.73. The second-order valence-electron chi connectivity index (χ2n) is 4.74. The summed E-state index contributed by atoms with van der Waals surface area (Å²) in [5, 5.41) is 11.7. The minimum absolute atomic E-state index is 0.140. The highest BCUT2D eigenvalue weighted by Gasteiger charge is 2.15. The third-order valence-corrected chi connectivity index (χ3v) is 3.77. The predicted octanol–water partition coefficient (Wildman–Crippen LogP) is 2.99. The number of oxazole rings is 1. The maximum Gasteiger partial charge on any atom is 0.232 e. The maximum absolute atomic E-state index is 12.0. The smallest absolute Gasteiger partial charge is 0.232 e. The third-order valence-electron chi connectivity index (χ3n) is 3.01. The molecule has 1 amide bonds. The summed E-state index contributed by atoms with van der Waals surface area (Å²) in [6.07, 6.45) is 0.140. The lowest BCUT2D eigenvalue weighted by Crippen LogP contribution is -2.15. The van der Waals surface area contributed by atoms with Gasteiger partial charge in [-0.1, -0.05) is 29.5 Å². The molecule has 3 aromatic rings. The number of amides is 1. The van der Waals surface area contributed by atoms with Gasteiger partial charge in [-0.15, -0.1) is 10.2 Å². The molecule has 0 atom stereocenters. The van der Waals surface area contributed by atoms with Crippen LogP contribution >= 0.6 is 11.3 Å². The summed E-state index contributed by atoms with van der Waals surface area (Å²) in [6, 6.07) is 9.59. The van der Waals surface area contributed by atoms with Crippen LogP contribution in [-0.2, 0) is 11.2 Å². The van der Waals surface area contributed by atoms with Crippen molar-refractivity contribution in [3.63, 3.8) is 0 Å². The van der Waals surface area contributed by atoms with Crippen LogP contribution in [0, 0.1) is 13.8 Å². The summed E-state index contributed by atoms with van der Waals surface area (Å²) < 4.78 is 5.64. The number of nitrogens with zero attached hydrogens (tertiary/aromatic N) is 3. The molecule has 0 bridgehead atoms. The van der Waals surface area contributed by atoms with Crippen LogP contribution in [0.25, 0.3) is 11.5 Å². The SMILES string of the molecule is Cc1nnc(NC(=O)Cc2nc(-c3ccccc3)oc2C)s1. The van der Waals surface area contributed by atoms with Crippen molar-refractivity contribution >= 4 is 22.4 Å². The number of aromatic nitrogens is 3. The molecule has 0 saturated heterocycles. The van der Waals surface area contributed by atoms with E-state index in [4.69, 9.17) is 4.42 Å². The van der Waals surface area contributed by atoms with Gasteiger partial charge in [-0.25, -0.2) is 4.98 Å². The number of anilines is 1. The van der Waals surface area contributed by atoms with E-state index in [0.717, 1.165) is 10.6 Å². The molecule has 1 aromatic carbocycles. The van der Waals surface area contributed by atoms with E-state index in [-0.39, 0.29) is 12.3 Å². The largest absolute Gasteiger partial charge is 0.441 e. The average Bonchev–Trinajstić information content (AvgIpc) is 3.07. The highest BCUT2D eigenvalue weighted by atomic mass is 32.1. The molecule has 22 heavy (non-hydrogen) atoms. The van der Waals surface area contributed by atoms with Crippen molar-refractivity contribution in [2.45, 2.75) is 20.3 Å². The van der Waals surface area contributed by atoms with Gasteiger partial charge in [-0.3, -0.25) is 4.79 Å². The number of hydrogen-bond acceptors (Lipinski definition) is 6. The van der Waals surface area contributed by atoms with E-state index >= 15 is 0 Å². The maximum atomic E-state index is 12.0. The second-order valence-corrected chi connectivity index (χ2v) is 5.92. The molecule has 1 N–H and O–H groups in total. The Kier molecular flexibility index (Phi) is 3.97. The fraction of sp³-hybridized carbons (Fsp3) is 0.200. The number of hydrogen-bond donors (Lipinski definition) is 1. The fourth-order valence-electron chi connectivity index (χ4n) is 1.96. The Labute approximate surface area is 131 Å². The topological polar surface area (TPSA) is 80.9 Å². The summed E-state index contributed by atoms with van der Waals surface area (Å²) in [7, 11) is 0. The lowest BCUT2D eigenvalue weighted by atomic mass is 10.2. The van der Waals surface area contributed by atoms with E-state index in [0.29, 0.717) is 22.5 Å². The Morgan fingerprint density at radius 2 is 2.00 bits per heavy atom. The monoisotopic (exact) mass is 314 g/mol. The fourth-order valence-corrected chi connectivity index (χ4v) is 2.57. The minimum atomic E-state index is -0.188. The van der Waals surface area contributed by atoms with Gasteiger partial charge in [-0.05, 0) is 26.0 Å². The first-order valence-corrected chi connectivity index (χ1v) is 7.55. The van der Waals surface area contributed by atoms with Gasteiger partial charge in [0.05, 0.1) is 12.1 Å². The van der Waals surface area contributed by atoms with Gasteiger partial charge in [0, 0.05) is 5.56 Å². The average molecular weight is 314 g/mol.